The molecule has 2 bridgehead atoms. The zero-order valence-electron chi connectivity index (χ0n) is 11.8. The summed E-state index contributed by atoms with van der Waals surface area (Å²) in [6.07, 6.45) is 3.17. The van der Waals surface area contributed by atoms with Crippen LogP contribution >= 0.6 is 0 Å². The molecule has 1 fully saturated rings. The van der Waals surface area contributed by atoms with Crippen LogP contribution in [-0.4, -0.2) is 37.9 Å². The van der Waals surface area contributed by atoms with Gasteiger partial charge < -0.3 is 14.4 Å². The van der Waals surface area contributed by atoms with E-state index < -0.39 is 0 Å². The Kier molecular flexibility index (Phi) is 2.90. The predicted octanol–water partition coefficient (Wildman–Crippen LogP) is 2.03. The van der Waals surface area contributed by atoms with Crippen molar-refractivity contribution < 1.29 is 9.53 Å². The topological polar surface area (TPSA) is 29.5 Å². The first kappa shape index (κ1) is 12.7. The Morgan fingerprint density at radius 3 is 2.95 bits per heavy atom. The number of aldehydes is 1. The third-order valence-electron chi connectivity index (χ3n) is 5.21. The Morgan fingerprint density at radius 1 is 1.47 bits per heavy atom. The fourth-order valence-electron chi connectivity index (χ4n) is 3.90. The largest absolute Gasteiger partial charge is 0.497 e. The van der Waals surface area contributed by atoms with Gasteiger partial charge in [-0.3, -0.25) is 0 Å². The van der Waals surface area contributed by atoms with E-state index in [-0.39, 0.29) is 11.3 Å². The highest BCUT2D eigenvalue weighted by molar-refractivity contribution is 5.62. The number of nitrogens with zero attached hydrogens (tertiary/aromatic N) is 1. The highest BCUT2D eigenvalue weighted by Gasteiger charge is 2.49. The molecule has 1 aliphatic heterocycles. The van der Waals surface area contributed by atoms with Gasteiger partial charge in [0.25, 0.3) is 0 Å². The van der Waals surface area contributed by atoms with Gasteiger partial charge in [0.2, 0.25) is 0 Å². The zero-order chi connectivity index (χ0) is 13.6. The van der Waals surface area contributed by atoms with Gasteiger partial charge >= 0.3 is 0 Å². The lowest BCUT2D eigenvalue weighted by Gasteiger charge is -2.52. The number of fused-ring (bicyclic) bond motifs is 4. The van der Waals surface area contributed by atoms with Crippen LogP contribution in [0.25, 0.3) is 0 Å². The Balaban J connectivity index is 2.15. The molecular weight excluding hydrogens is 238 g/mol. The molecule has 1 aromatic rings. The van der Waals surface area contributed by atoms with Crippen molar-refractivity contribution in [1.82, 2.24) is 4.90 Å². The van der Waals surface area contributed by atoms with Gasteiger partial charge in [-0.15, -0.1) is 0 Å². The Hall–Kier alpha value is -1.35. The number of carbonyl (C=O) groups excluding carboxylic acids is 1. The number of hydrogen-bond acceptors (Lipinski definition) is 3. The van der Waals surface area contributed by atoms with Crippen LogP contribution in [0.1, 0.15) is 24.5 Å². The first-order valence-corrected chi connectivity index (χ1v) is 6.93. The lowest BCUT2D eigenvalue weighted by Crippen LogP contribution is -2.58. The summed E-state index contributed by atoms with van der Waals surface area (Å²) in [5.74, 6) is 0.979. The van der Waals surface area contributed by atoms with Crippen LogP contribution < -0.4 is 4.74 Å². The molecule has 0 aromatic heterocycles. The van der Waals surface area contributed by atoms with Crippen molar-refractivity contribution in [2.75, 3.05) is 20.7 Å². The molecule has 1 heterocycles. The smallest absolute Gasteiger partial charge is 0.125 e. The van der Waals surface area contributed by atoms with Gasteiger partial charge in [0.15, 0.2) is 0 Å². The van der Waals surface area contributed by atoms with E-state index in [9.17, 15) is 4.79 Å². The molecule has 1 aromatic carbocycles. The Labute approximate surface area is 114 Å². The Bertz CT molecular complexity index is 513. The van der Waals surface area contributed by atoms with Gasteiger partial charge in [0.05, 0.1) is 7.11 Å². The van der Waals surface area contributed by atoms with E-state index in [1.165, 1.54) is 17.4 Å². The van der Waals surface area contributed by atoms with Crippen LogP contribution in [0.2, 0.25) is 0 Å². The molecule has 0 radical (unpaired) electrons. The molecule has 0 spiro atoms. The number of benzene rings is 1. The summed E-state index contributed by atoms with van der Waals surface area (Å²) >= 11 is 0. The third-order valence-corrected chi connectivity index (χ3v) is 5.21. The molecule has 0 N–H and O–H groups in total. The van der Waals surface area contributed by atoms with E-state index in [1.807, 2.05) is 6.07 Å². The van der Waals surface area contributed by atoms with Gasteiger partial charge in [-0.2, -0.15) is 0 Å². The molecular formula is C16H21NO2. The average molecular weight is 259 g/mol. The SMILES string of the molecule is COc1ccc2c(c1)[C@@]1(C)CCN(C)C(C2)C1C=O. The van der Waals surface area contributed by atoms with Crippen LogP contribution in [0.3, 0.4) is 0 Å². The van der Waals surface area contributed by atoms with Gasteiger partial charge in [-0.1, -0.05) is 13.0 Å². The summed E-state index contributed by atoms with van der Waals surface area (Å²) < 4.78 is 5.35. The molecule has 2 aliphatic rings. The third kappa shape index (κ3) is 1.71. The molecule has 0 saturated carbocycles. The second-order valence-corrected chi connectivity index (χ2v) is 6.10. The van der Waals surface area contributed by atoms with E-state index in [4.69, 9.17) is 4.74 Å². The number of rotatable bonds is 2. The number of piperidine rings is 1. The molecule has 102 valence electrons. The zero-order valence-corrected chi connectivity index (χ0v) is 11.8. The summed E-state index contributed by atoms with van der Waals surface area (Å²) in [4.78, 5) is 14.0. The normalized spacial score (nSPS) is 33.6. The highest BCUT2D eigenvalue weighted by Crippen LogP contribution is 2.48. The number of methoxy groups -OCH3 is 1. The second-order valence-electron chi connectivity index (χ2n) is 6.10. The average Bonchev–Trinajstić information content (AvgIpc) is 2.43. The van der Waals surface area contributed by atoms with Crippen molar-refractivity contribution in [3.63, 3.8) is 0 Å². The fourth-order valence-corrected chi connectivity index (χ4v) is 3.90. The first-order chi connectivity index (χ1) is 9.10. The van der Waals surface area contributed by atoms with E-state index in [2.05, 4.69) is 31.0 Å². The first-order valence-electron chi connectivity index (χ1n) is 6.93. The maximum atomic E-state index is 11.6. The summed E-state index contributed by atoms with van der Waals surface area (Å²) in [6, 6.07) is 6.67. The minimum absolute atomic E-state index is 0.0406. The van der Waals surface area contributed by atoms with Crippen molar-refractivity contribution in [1.29, 1.82) is 0 Å². The monoisotopic (exact) mass is 259 g/mol. The Morgan fingerprint density at radius 2 is 2.26 bits per heavy atom. The van der Waals surface area contributed by atoms with Gasteiger partial charge in [-0.05, 0) is 49.7 Å². The minimum Gasteiger partial charge on any atom is -0.497 e. The van der Waals surface area contributed by atoms with Crippen LogP contribution in [-0.2, 0) is 16.6 Å². The molecule has 0 amide bonds. The number of likely N-dealkylation sites (tertiary alicyclic amines) is 1. The van der Waals surface area contributed by atoms with Crippen LogP contribution in [0, 0.1) is 5.92 Å². The quantitative estimate of drug-likeness (QED) is 0.761. The standard InChI is InChI=1S/C16H21NO2/c1-16-6-7-17(2)15(14(16)10-18)8-11-4-5-12(19-3)9-13(11)16/h4-5,9-10,14-15H,6-8H2,1-3H3/t14?,15?,16-/m1/s1. The number of likely N-dealkylation sites (N-methyl/N-ethyl adjacent to an activating group) is 1. The fraction of sp³-hybridized carbons (Fsp3) is 0.562. The second kappa shape index (κ2) is 4.34. The predicted molar refractivity (Wildman–Crippen MR) is 74.6 cm³/mol. The molecule has 3 rings (SSSR count). The lowest BCUT2D eigenvalue weighted by atomic mass is 9.59. The van der Waals surface area contributed by atoms with Crippen molar-refractivity contribution in [3.05, 3.63) is 29.3 Å². The molecule has 3 heteroatoms. The summed E-state index contributed by atoms with van der Waals surface area (Å²) in [5, 5.41) is 0. The van der Waals surface area contributed by atoms with Gasteiger partial charge in [0.1, 0.15) is 12.0 Å². The maximum Gasteiger partial charge on any atom is 0.125 e. The summed E-state index contributed by atoms with van der Waals surface area (Å²) in [6.45, 7) is 3.30. The number of ether oxygens (including phenoxy) is 1. The van der Waals surface area contributed by atoms with Crippen LogP contribution in [0.5, 0.6) is 5.75 Å². The van der Waals surface area contributed by atoms with Crippen molar-refractivity contribution in [2.24, 2.45) is 5.92 Å². The summed E-state index contributed by atoms with van der Waals surface area (Å²) in [5.41, 5.74) is 2.65. The van der Waals surface area contributed by atoms with E-state index >= 15 is 0 Å². The molecule has 1 aliphatic carbocycles. The van der Waals surface area contributed by atoms with E-state index in [1.54, 1.807) is 7.11 Å². The molecule has 3 atom stereocenters. The van der Waals surface area contributed by atoms with E-state index in [0.29, 0.717) is 6.04 Å². The summed E-state index contributed by atoms with van der Waals surface area (Å²) in [7, 11) is 3.83. The van der Waals surface area contributed by atoms with Crippen molar-refractivity contribution in [3.8, 4) is 5.75 Å². The van der Waals surface area contributed by atoms with Gasteiger partial charge in [0, 0.05) is 17.4 Å². The van der Waals surface area contributed by atoms with Crippen molar-refractivity contribution in [2.45, 2.75) is 31.2 Å². The molecule has 2 unspecified atom stereocenters. The lowest BCUT2D eigenvalue weighted by molar-refractivity contribution is -0.118. The number of carbonyl (C=O) groups is 1. The minimum atomic E-state index is -0.0406. The maximum absolute atomic E-state index is 11.6. The van der Waals surface area contributed by atoms with Crippen LogP contribution in [0.15, 0.2) is 18.2 Å². The van der Waals surface area contributed by atoms with Crippen molar-refractivity contribution >= 4 is 6.29 Å². The highest BCUT2D eigenvalue weighted by atomic mass is 16.5. The van der Waals surface area contributed by atoms with Gasteiger partial charge in [-0.25, -0.2) is 0 Å². The van der Waals surface area contributed by atoms with Crippen LogP contribution in [0.4, 0.5) is 0 Å². The molecule has 19 heavy (non-hydrogen) atoms. The molecule has 1 saturated heterocycles. The number of hydrogen-bond donors (Lipinski definition) is 0. The van der Waals surface area contributed by atoms with E-state index in [0.717, 1.165) is 25.1 Å². The molecule has 3 nitrogen and oxygen atoms in total.